The van der Waals surface area contributed by atoms with Crippen molar-refractivity contribution in [2.45, 2.75) is 30.8 Å². The molecule has 0 bridgehead atoms. The summed E-state index contributed by atoms with van der Waals surface area (Å²) in [5, 5.41) is 15.0. The lowest BCUT2D eigenvalue weighted by Gasteiger charge is -2.26. The molecule has 5 heteroatoms. The van der Waals surface area contributed by atoms with Gasteiger partial charge in [-0.25, -0.2) is 4.98 Å². The molecule has 0 saturated heterocycles. The lowest BCUT2D eigenvalue weighted by atomic mass is 9.99. The summed E-state index contributed by atoms with van der Waals surface area (Å²) >= 11 is 1.72. The van der Waals surface area contributed by atoms with E-state index in [0.717, 1.165) is 25.1 Å². The fourth-order valence-corrected chi connectivity index (χ4v) is 3.71. The Bertz CT molecular complexity index is 531. The van der Waals surface area contributed by atoms with Crippen molar-refractivity contribution < 1.29 is 5.11 Å². The Morgan fingerprint density at radius 1 is 1.63 bits per heavy atom. The number of aliphatic hydroxyl groups excluding tert-OH is 1. The van der Waals surface area contributed by atoms with E-state index in [1.807, 2.05) is 13.2 Å². The van der Waals surface area contributed by atoms with Gasteiger partial charge in [-0.1, -0.05) is 6.07 Å². The normalized spacial score (nSPS) is 26.9. The van der Waals surface area contributed by atoms with Gasteiger partial charge in [0.15, 0.2) is 0 Å². The number of thiophene rings is 1. The Morgan fingerprint density at radius 2 is 2.53 bits per heavy atom. The van der Waals surface area contributed by atoms with Crippen molar-refractivity contribution in [1.29, 1.82) is 0 Å². The molecule has 2 aromatic rings. The molecule has 0 aliphatic heterocycles. The molecule has 3 rings (SSSR count). The molecule has 1 fully saturated rings. The number of hydrogen-bond donors (Lipinski definition) is 2. The van der Waals surface area contributed by atoms with Gasteiger partial charge in [0.1, 0.15) is 5.82 Å². The molecule has 0 radical (unpaired) electrons. The zero-order valence-corrected chi connectivity index (χ0v) is 11.9. The van der Waals surface area contributed by atoms with Crippen LogP contribution in [0.3, 0.4) is 0 Å². The van der Waals surface area contributed by atoms with Crippen molar-refractivity contribution in [2.24, 2.45) is 0 Å². The second kappa shape index (κ2) is 5.07. The Kier molecular flexibility index (Phi) is 3.43. The van der Waals surface area contributed by atoms with Gasteiger partial charge in [-0.3, -0.25) is 0 Å². The smallest absolute Gasteiger partial charge is 0.150 e. The van der Waals surface area contributed by atoms with E-state index in [4.69, 9.17) is 0 Å². The standard InChI is InChI=1S/C14H19N3OS/c1-15-14(10-18)5-4-11(9-14)17-7-6-16-13(17)12-3-2-8-19-12/h2-3,6-8,11,15,18H,4-5,9-10H2,1H3. The molecule has 0 spiro atoms. The van der Waals surface area contributed by atoms with Gasteiger partial charge in [0.2, 0.25) is 0 Å². The minimum absolute atomic E-state index is 0.123. The van der Waals surface area contributed by atoms with Crippen molar-refractivity contribution in [3.63, 3.8) is 0 Å². The fraction of sp³-hybridized carbons (Fsp3) is 0.500. The van der Waals surface area contributed by atoms with E-state index in [0.29, 0.717) is 6.04 Å². The molecule has 4 nitrogen and oxygen atoms in total. The first-order valence-corrected chi connectivity index (χ1v) is 7.52. The zero-order valence-electron chi connectivity index (χ0n) is 11.0. The zero-order chi connectivity index (χ0) is 13.3. The van der Waals surface area contributed by atoms with Gasteiger partial charge in [0, 0.05) is 24.0 Å². The van der Waals surface area contributed by atoms with E-state index in [1.165, 1.54) is 4.88 Å². The number of nitrogens with zero attached hydrogens (tertiary/aromatic N) is 2. The summed E-state index contributed by atoms with van der Waals surface area (Å²) < 4.78 is 2.26. The molecule has 1 aliphatic rings. The van der Waals surface area contributed by atoms with Gasteiger partial charge in [-0.2, -0.15) is 0 Å². The van der Waals surface area contributed by atoms with Gasteiger partial charge >= 0.3 is 0 Å². The maximum Gasteiger partial charge on any atom is 0.150 e. The van der Waals surface area contributed by atoms with E-state index in [-0.39, 0.29) is 12.1 Å². The van der Waals surface area contributed by atoms with E-state index in [9.17, 15) is 5.11 Å². The first-order chi connectivity index (χ1) is 9.28. The van der Waals surface area contributed by atoms with Crippen molar-refractivity contribution in [1.82, 2.24) is 14.9 Å². The average Bonchev–Trinajstić information content (AvgIpc) is 3.17. The largest absolute Gasteiger partial charge is 0.394 e. The first kappa shape index (κ1) is 12.8. The van der Waals surface area contributed by atoms with Gasteiger partial charge in [0.25, 0.3) is 0 Å². The molecule has 2 aromatic heterocycles. The first-order valence-electron chi connectivity index (χ1n) is 6.64. The molecule has 1 aliphatic carbocycles. The van der Waals surface area contributed by atoms with Crippen LogP contribution < -0.4 is 5.32 Å². The van der Waals surface area contributed by atoms with Crippen LogP contribution in [0, 0.1) is 0 Å². The number of hydrogen-bond acceptors (Lipinski definition) is 4. The number of imidazole rings is 1. The summed E-state index contributed by atoms with van der Waals surface area (Å²) in [6, 6.07) is 4.58. The molecule has 2 heterocycles. The number of aliphatic hydroxyl groups is 1. The molecule has 2 atom stereocenters. The quantitative estimate of drug-likeness (QED) is 0.901. The van der Waals surface area contributed by atoms with Crippen LogP contribution in [0.15, 0.2) is 29.9 Å². The summed E-state index contributed by atoms with van der Waals surface area (Å²) in [6.07, 6.45) is 6.97. The number of likely N-dealkylation sites (N-methyl/N-ethyl adjacent to an activating group) is 1. The average molecular weight is 277 g/mol. The van der Waals surface area contributed by atoms with Gasteiger partial charge in [-0.15, -0.1) is 11.3 Å². The predicted octanol–water partition coefficient (Wildman–Crippen LogP) is 2.29. The monoisotopic (exact) mass is 277 g/mol. The van der Waals surface area contributed by atoms with Crippen molar-refractivity contribution in [3.8, 4) is 10.7 Å². The molecule has 2 N–H and O–H groups in total. The summed E-state index contributed by atoms with van der Waals surface area (Å²) in [7, 11) is 1.94. The second-order valence-corrected chi connectivity index (χ2v) is 6.17. The lowest BCUT2D eigenvalue weighted by Crippen LogP contribution is -2.44. The van der Waals surface area contributed by atoms with Crippen LogP contribution in [0.5, 0.6) is 0 Å². The van der Waals surface area contributed by atoms with Gasteiger partial charge in [0.05, 0.1) is 11.5 Å². The number of rotatable bonds is 4. The highest BCUT2D eigenvalue weighted by Gasteiger charge is 2.38. The number of nitrogens with one attached hydrogen (secondary N) is 1. The Labute approximate surface area is 117 Å². The Balaban J connectivity index is 1.87. The third-order valence-corrected chi connectivity index (χ3v) is 5.08. The minimum atomic E-state index is -0.123. The maximum atomic E-state index is 9.60. The second-order valence-electron chi connectivity index (χ2n) is 5.22. The molecule has 19 heavy (non-hydrogen) atoms. The van der Waals surface area contributed by atoms with E-state index >= 15 is 0 Å². The lowest BCUT2D eigenvalue weighted by molar-refractivity contribution is 0.169. The van der Waals surface area contributed by atoms with Gasteiger partial charge in [-0.05, 0) is 37.8 Å². The molecule has 102 valence electrons. The summed E-state index contributed by atoms with van der Waals surface area (Å²) in [4.78, 5) is 5.70. The minimum Gasteiger partial charge on any atom is -0.394 e. The van der Waals surface area contributed by atoms with Crippen LogP contribution >= 0.6 is 11.3 Å². The Morgan fingerprint density at radius 3 is 3.16 bits per heavy atom. The molecule has 2 unspecified atom stereocenters. The highest BCUT2D eigenvalue weighted by atomic mass is 32.1. The molecular weight excluding hydrogens is 258 g/mol. The van der Waals surface area contributed by atoms with E-state index in [2.05, 4.69) is 38.6 Å². The van der Waals surface area contributed by atoms with Crippen LogP contribution in [0.1, 0.15) is 25.3 Å². The van der Waals surface area contributed by atoms with Crippen molar-refractivity contribution in [3.05, 3.63) is 29.9 Å². The van der Waals surface area contributed by atoms with E-state index < -0.39 is 0 Å². The van der Waals surface area contributed by atoms with Crippen molar-refractivity contribution in [2.75, 3.05) is 13.7 Å². The molecule has 0 amide bonds. The maximum absolute atomic E-state index is 9.60. The third kappa shape index (κ3) is 2.22. The summed E-state index contributed by atoms with van der Waals surface area (Å²) in [5.74, 6) is 1.05. The van der Waals surface area contributed by atoms with Crippen LogP contribution in [-0.2, 0) is 0 Å². The molecule has 0 aromatic carbocycles. The highest BCUT2D eigenvalue weighted by Crippen LogP contribution is 2.39. The van der Waals surface area contributed by atoms with Crippen molar-refractivity contribution >= 4 is 11.3 Å². The van der Waals surface area contributed by atoms with Gasteiger partial charge < -0.3 is 15.0 Å². The van der Waals surface area contributed by atoms with Crippen LogP contribution in [0.4, 0.5) is 0 Å². The Hall–Kier alpha value is -1.17. The van der Waals surface area contributed by atoms with Crippen LogP contribution in [-0.4, -0.2) is 33.9 Å². The SMILES string of the molecule is CNC1(CO)CCC(n2ccnc2-c2cccs2)C1. The third-order valence-electron chi connectivity index (χ3n) is 4.22. The highest BCUT2D eigenvalue weighted by molar-refractivity contribution is 7.13. The van der Waals surface area contributed by atoms with Crippen LogP contribution in [0.25, 0.3) is 10.7 Å². The predicted molar refractivity (Wildman–Crippen MR) is 77.3 cm³/mol. The topological polar surface area (TPSA) is 50.1 Å². The summed E-state index contributed by atoms with van der Waals surface area (Å²) in [5.41, 5.74) is -0.123. The molecule has 1 saturated carbocycles. The van der Waals surface area contributed by atoms with Crippen LogP contribution in [0.2, 0.25) is 0 Å². The molecular formula is C14H19N3OS. The number of aromatic nitrogens is 2. The summed E-state index contributed by atoms with van der Waals surface area (Å²) in [6.45, 7) is 0.197. The van der Waals surface area contributed by atoms with E-state index in [1.54, 1.807) is 11.3 Å². The fourth-order valence-electron chi connectivity index (χ4n) is 2.99.